The fourth-order valence-electron chi connectivity index (χ4n) is 1.41. The van der Waals surface area contributed by atoms with E-state index in [0.29, 0.717) is 19.7 Å². The van der Waals surface area contributed by atoms with Crippen LogP contribution in [0.25, 0.3) is 0 Å². The lowest BCUT2D eigenvalue weighted by Crippen LogP contribution is -2.52. The lowest BCUT2D eigenvalue weighted by molar-refractivity contribution is -0.151. The number of hydrogen-bond donors (Lipinski definition) is 1. The van der Waals surface area contributed by atoms with Gasteiger partial charge in [0.1, 0.15) is 6.10 Å². The number of methoxy groups -OCH3 is 1. The highest BCUT2D eigenvalue weighted by atomic mass is 19.3. The predicted octanol–water partition coefficient (Wildman–Crippen LogP) is 0.335. The first-order chi connectivity index (χ1) is 6.06. The van der Waals surface area contributed by atoms with Crippen molar-refractivity contribution < 1.29 is 18.6 Å². The Balaban J connectivity index is 2.37. The summed E-state index contributed by atoms with van der Waals surface area (Å²) in [5.41, 5.74) is 0. The van der Waals surface area contributed by atoms with E-state index in [1.165, 1.54) is 7.11 Å². The van der Waals surface area contributed by atoms with E-state index in [4.69, 9.17) is 9.84 Å². The lowest BCUT2D eigenvalue weighted by Gasteiger charge is -2.35. The quantitative estimate of drug-likeness (QED) is 0.704. The van der Waals surface area contributed by atoms with Crippen LogP contribution < -0.4 is 0 Å². The van der Waals surface area contributed by atoms with E-state index >= 15 is 0 Å². The second-order valence-corrected chi connectivity index (χ2v) is 3.33. The first-order valence-electron chi connectivity index (χ1n) is 4.33. The third-order valence-electron chi connectivity index (χ3n) is 2.25. The summed E-state index contributed by atoms with van der Waals surface area (Å²) in [6.45, 7) is 1.10. The van der Waals surface area contributed by atoms with E-state index in [0.717, 1.165) is 0 Å². The molecule has 0 aliphatic carbocycles. The minimum atomic E-state index is -2.97. The fourth-order valence-corrected chi connectivity index (χ4v) is 1.41. The Morgan fingerprint density at radius 2 is 2.31 bits per heavy atom. The van der Waals surface area contributed by atoms with Crippen molar-refractivity contribution >= 4 is 0 Å². The van der Waals surface area contributed by atoms with Crippen LogP contribution in [0.4, 0.5) is 8.78 Å². The third-order valence-corrected chi connectivity index (χ3v) is 2.25. The monoisotopic (exact) mass is 195 g/mol. The highest BCUT2D eigenvalue weighted by molar-refractivity contribution is 4.86. The van der Waals surface area contributed by atoms with Crippen LogP contribution >= 0.6 is 0 Å². The van der Waals surface area contributed by atoms with Crippen molar-refractivity contribution in [2.24, 2.45) is 0 Å². The second kappa shape index (κ2) is 4.30. The summed E-state index contributed by atoms with van der Waals surface area (Å²) >= 11 is 0. The maximum atomic E-state index is 12.9. The number of rotatable bonds is 3. The largest absolute Gasteiger partial charge is 0.387 e. The Kier molecular flexibility index (Phi) is 3.58. The van der Waals surface area contributed by atoms with Crippen LogP contribution in [0.2, 0.25) is 0 Å². The van der Waals surface area contributed by atoms with Gasteiger partial charge in [0.25, 0.3) is 5.92 Å². The average Bonchev–Trinajstić information content (AvgIpc) is 2.07. The van der Waals surface area contributed by atoms with Crippen LogP contribution in [0.3, 0.4) is 0 Å². The molecule has 0 amide bonds. The van der Waals surface area contributed by atoms with Crippen molar-refractivity contribution in [2.45, 2.75) is 18.4 Å². The number of hydrogen-bond acceptors (Lipinski definition) is 3. The number of aliphatic hydroxyl groups is 1. The molecule has 1 unspecified atom stereocenters. The Morgan fingerprint density at radius 1 is 1.62 bits per heavy atom. The van der Waals surface area contributed by atoms with Crippen molar-refractivity contribution in [1.29, 1.82) is 0 Å². The van der Waals surface area contributed by atoms with Crippen LogP contribution in [-0.2, 0) is 4.74 Å². The highest BCUT2D eigenvalue weighted by Crippen LogP contribution is 2.26. The second-order valence-electron chi connectivity index (χ2n) is 3.33. The maximum Gasteiger partial charge on any atom is 0.285 e. The molecule has 1 aliphatic heterocycles. The molecule has 0 aromatic heterocycles. The summed E-state index contributed by atoms with van der Waals surface area (Å²) in [5.74, 6) is -2.97. The number of aliphatic hydroxyl groups excluding tert-OH is 1. The number of likely N-dealkylation sites (tertiary alicyclic amines) is 1. The molecule has 0 saturated carbocycles. The van der Waals surface area contributed by atoms with Gasteiger partial charge in [-0.2, -0.15) is 0 Å². The van der Waals surface area contributed by atoms with Gasteiger partial charge in [0.15, 0.2) is 0 Å². The summed E-state index contributed by atoms with van der Waals surface area (Å²) in [4.78, 5) is 1.61. The van der Waals surface area contributed by atoms with Gasteiger partial charge in [-0.1, -0.05) is 0 Å². The number of halogens is 2. The Labute approximate surface area is 76.3 Å². The molecule has 78 valence electrons. The van der Waals surface area contributed by atoms with E-state index in [2.05, 4.69) is 0 Å². The van der Waals surface area contributed by atoms with Gasteiger partial charge >= 0.3 is 0 Å². The zero-order chi connectivity index (χ0) is 9.90. The average molecular weight is 195 g/mol. The first kappa shape index (κ1) is 10.8. The van der Waals surface area contributed by atoms with Crippen LogP contribution in [0.1, 0.15) is 6.42 Å². The first-order valence-corrected chi connectivity index (χ1v) is 4.33. The van der Waals surface area contributed by atoms with E-state index in [1.54, 1.807) is 4.90 Å². The van der Waals surface area contributed by atoms with Crippen LogP contribution in [-0.4, -0.2) is 55.4 Å². The smallest absolute Gasteiger partial charge is 0.285 e. The number of nitrogens with zero attached hydrogens (tertiary/aromatic N) is 1. The molecular formula is C8H15F2NO2. The molecule has 1 aliphatic rings. The van der Waals surface area contributed by atoms with Gasteiger partial charge in [0.2, 0.25) is 0 Å². The summed E-state index contributed by atoms with van der Waals surface area (Å²) < 4.78 is 30.7. The number of alkyl halides is 2. The Morgan fingerprint density at radius 3 is 2.85 bits per heavy atom. The zero-order valence-corrected chi connectivity index (χ0v) is 7.67. The molecule has 0 aromatic carbocycles. The van der Waals surface area contributed by atoms with Gasteiger partial charge in [-0.3, -0.25) is 4.90 Å². The van der Waals surface area contributed by atoms with Crippen molar-refractivity contribution in [1.82, 2.24) is 4.90 Å². The Hall–Kier alpha value is -0.260. The molecule has 0 aromatic rings. The van der Waals surface area contributed by atoms with Gasteiger partial charge in [-0.25, -0.2) is 8.78 Å². The van der Waals surface area contributed by atoms with E-state index in [-0.39, 0.29) is 13.0 Å². The van der Waals surface area contributed by atoms with Gasteiger partial charge in [-0.05, 0) is 6.42 Å². The summed E-state index contributed by atoms with van der Waals surface area (Å²) in [6, 6.07) is 0. The van der Waals surface area contributed by atoms with E-state index in [1.807, 2.05) is 0 Å². The fraction of sp³-hybridized carbons (Fsp3) is 1.00. The van der Waals surface area contributed by atoms with Crippen LogP contribution in [0.5, 0.6) is 0 Å². The topological polar surface area (TPSA) is 32.7 Å². The van der Waals surface area contributed by atoms with Crippen LogP contribution in [0.15, 0.2) is 0 Å². The summed E-state index contributed by atoms with van der Waals surface area (Å²) in [5, 5.41) is 8.97. The third kappa shape index (κ3) is 2.86. The summed E-state index contributed by atoms with van der Waals surface area (Å²) in [6.07, 6.45) is -1.34. The normalized spacial score (nSPS) is 29.1. The minimum Gasteiger partial charge on any atom is -0.387 e. The Bertz CT molecular complexity index is 164. The van der Waals surface area contributed by atoms with E-state index < -0.39 is 12.0 Å². The lowest BCUT2D eigenvalue weighted by atomic mass is 10.0. The SMILES string of the molecule is COCCN1CCC(O)C(F)(F)C1. The molecular weight excluding hydrogens is 180 g/mol. The molecule has 1 rings (SSSR count). The maximum absolute atomic E-state index is 12.9. The molecule has 0 bridgehead atoms. The highest BCUT2D eigenvalue weighted by Gasteiger charge is 2.43. The van der Waals surface area contributed by atoms with Crippen LogP contribution in [0, 0.1) is 0 Å². The number of piperidine rings is 1. The van der Waals surface area contributed by atoms with Crippen molar-refractivity contribution in [3.8, 4) is 0 Å². The van der Waals surface area contributed by atoms with Crippen molar-refractivity contribution in [3.05, 3.63) is 0 Å². The molecule has 0 radical (unpaired) electrons. The van der Waals surface area contributed by atoms with Gasteiger partial charge < -0.3 is 9.84 Å². The molecule has 1 atom stereocenters. The molecule has 13 heavy (non-hydrogen) atoms. The minimum absolute atomic E-state index is 0.136. The number of ether oxygens (including phenoxy) is 1. The molecule has 3 nitrogen and oxygen atoms in total. The molecule has 1 N–H and O–H groups in total. The molecule has 1 saturated heterocycles. The van der Waals surface area contributed by atoms with Gasteiger partial charge in [-0.15, -0.1) is 0 Å². The standard InChI is InChI=1S/C8H15F2NO2/c1-13-5-4-11-3-2-7(12)8(9,10)6-11/h7,12H,2-6H2,1H3. The zero-order valence-electron chi connectivity index (χ0n) is 7.67. The molecule has 0 spiro atoms. The van der Waals surface area contributed by atoms with Crippen molar-refractivity contribution in [2.75, 3.05) is 33.4 Å². The summed E-state index contributed by atoms with van der Waals surface area (Å²) in [7, 11) is 1.54. The predicted molar refractivity (Wildman–Crippen MR) is 43.9 cm³/mol. The molecule has 5 heteroatoms. The van der Waals surface area contributed by atoms with Gasteiger partial charge in [0, 0.05) is 20.2 Å². The molecule has 1 heterocycles. The van der Waals surface area contributed by atoms with E-state index in [9.17, 15) is 8.78 Å². The van der Waals surface area contributed by atoms with Crippen molar-refractivity contribution in [3.63, 3.8) is 0 Å². The molecule has 1 fully saturated rings. The van der Waals surface area contributed by atoms with Gasteiger partial charge in [0.05, 0.1) is 13.2 Å².